The lowest BCUT2D eigenvalue weighted by molar-refractivity contribution is 0.111. The molecule has 0 aliphatic rings. The van der Waals surface area contributed by atoms with Crippen LogP contribution in [0.5, 0.6) is 11.5 Å². The molecule has 120 valence electrons. The molecule has 1 heterocycles. The Morgan fingerprint density at radius 3 is 2.00 bits per heavy atom. The van der Waals surface area contributed by atoms with Crippen molar-refractivity contribution in [1.29, 1.82) is 0 Å². The summed E-state index contributed by atoms with van der Waals surface area (Å²) in [5, 5.41) is 7.60. The minimum atomic E-state index is 0.122. The third-order valence-electron chi connectivity index (χ3n) is 3.37. The zero-order chi connectivity index (χ0) is 16.6. The number of aldehydes is 1. The Morgan fingerprint density at radius 2 is 1.42 bits per heavy atom. The van der Waals surface area contributed by atoms with Crippen LogP contribution in [0, 0.1) is 0 Å². The van der Waals surface area contributed by atoms with E-state index in [4.69, 9.17) is 9.47 Å². The highest BCUT2D eigenvalue weighted by molar-refractivity contribution is 5.77. The Kier molecular flexibility index (Phi) is 5.14. The fraction of sp³-hybridized carbons (Fsp3) is 0.105. The van der Waals surface area contributed by atoms with Crippen LogP contribution in [-0.2, 0) is 13.2 Å². The Bertz CT molecular complexity index is 792. The van der Waals surface area contributed by atoms with Crippen molar-refractivity contribution in [1.82, 2.24) is 10.2 Å². The van der Waals surface area contributed by atoms with Crippen LogP contribution in [0.2, 0.25) is 0 Å². The highest BCUT2D eigenvalue weighted by Gasteiger charge is 2.14. The van der Waals surface area contributed by atoms with Gasteiger partial charge in [-0.1, -0.05) is 60.7 Å². The number of hydrogen-bond acceptors (Lipinski definition) is 5. The van der Waals surface area contributed by atoms with E-state index in [1.807, 2.05) is 60.7 Å². The van der Waals surface area contributed by atoms with E-state index in [2.05, 4.69) is 10.2 Å². The van der Waals surface area contributed by atoms with Gasteiger partial charge in [-0.2, -0.15) is 5.10 Å². The zero-order valence-corrected chi connectivity index (χ0v) is 13.0. The zero-order valence-electron chi connectivity index (χ0n) is 13.0. The summed E-state index contributed by atoms with van der Waals surface area (Å²) in [7, 11) is 0. The summed E-state index contributed by atoms with van der Waals surface area (Å²) < 4.78 is 11.5. The maximum Gasteiger partial charge on any atom is 0.194 e. The number of rotatable bonds is 7. The minimum Gasteiger partial charge on any atom is -0.483 e. The molecule has 0 fully saturated rings. The lowest BCUT2D eigenvalue weighted by Crippen LogP contribution is -2.05. The van der Waals surface area contributed by atoms with Gasteiger partial charge >= 0.3 is 0 Å². The molecule has 5 heteroatoms. The van der Waals surface area contributed by atoms with E-state index >= 15 is 0 Å². The van der Waals surface area contributed by atoms with Crippen LogP contribution in [0.1, 0.15) is 21.6 Å². The topological polar surface area (TPSA) is 61.3 Å². The van der Waals surface area contributed by atoms with Gasteiger partial charge in [0, 0.05) is 0 Å². The number of carbonyl (C=O) groups excluding carboxylic acids is 1. The Balaban J connectivity index is 1.77. The highest BCUT2D eigenvalue weighted by atomic mass is 16.5. The SMILES string of the molecule is O=Cc1nncc(OCc2ccccc2)c1OCc1ccccc1. The normalized spacial score (nSPS) is 10.2. The fourth-order valence-corrected chi connectivity index (χ4v) is 2.16. The average molecular weight is 320 g/mol. The second-order valence-corrected chi connectivity index (χ2v) is 5.09. The number of carbonyl (C=O) groups is 1. The summed E-state index contributed by atoms with van der Waals surface area (Å²) in [5.41, 5.74) is 2.12. The summed E-state index contributed by atoms with van der Waals surface area (Å²) in [6.45, 7) is 0.668. The lowest BCUT2D eigenvalue weighted by atomic mass is 10.2. The standard InChI is InChI=1S/C19H16N2O3/c22-12-17-19(24-14-16-9-5-2-6-10-16)18(11-20-21-17)23-13-15-7-3-1-4-8-15/h1-12H,13-14H2. The molecule has 3 rings (SSSR count). The molecule has 0 unspecified atom stereocenters. The molecule has 0 saturated heterocycles. The number of hydrogen-bond donors (Lipinski definition) is 0. The van der Waals surface area contributed by atoms with Crippen molar-refractivity contribution in [2.75, 3.05) is 0 Å². The minimum absolute atomic E-state index is 0.122. The Labute approximate surface area is 139 Å². The van der Waals surface area contributed by atoms with Crippen molar-refractivity contribution in [2.45, 2.75) is 13.2 Å². The molecule has 0 aliphatic carbocycles. The van der Waals surface area contributed by atoms with Crippen LogP contribution < -0.4 is 9.47 Å². The number of benzene rings is 2. The van der Waals surface area contributed by atoms with Crippen LogP contribution in [-0.4, -0.2) is 16.5 Å². The molecule has 2 aromatic carbocycles. The third kappa shape index (κ3) is 3.95. The van der Waals surface area contributed by atoms with Gasteiger partial charge in [-0.3, -0.25) is 4.79 Å². The first kappa shape index (κ1) is 15.7. The fourth-order valence-electron chi connectivity index (χ4n) is 2.16. The first-order valence-electron chi connectivity index (χ1n) is 7.51. The molecule has 5 nitrogen and oxygen atoms in total. The molecule has 0 bridgehead atoms. The van der Waals surface area contributed by atoms with E-state index in [1.54, 1.807) is 0 Å². The molecule has 0 atom stereocenters. The molecule has 24 heavy (non-hydrogen) atoms. The van der Waals surface area contributed by atoms with Crippen molar-refractivity contribution in [3.63, 3.8) is 0 Å². The second-order valence-electron chi connectivity index (χ2n) is 5.09. The van der Waals surface area contributed by atoms with E-state index in [0.29, 0.717) is 31.0 Å². The summed E-state index contributed by atoms with van der Waals surface area (Å²) in [6, 6.07) is 19.4. The molecule has 1 aromatic heterocycles. The number of aromatic nitrogens is 2. The summed E-state index contributed by atoms with van der Waals surface area (Å²) in [6.07, 6.45) is 2.07. The first-order chi connectivity index (χ1) is 11.9. The smallest absolute Gasteiger partial charge is 0.194 e. The predicted octanol–water partition coefficient (Wildman–Crippen LogP) is 3.45. The highest BCUT2D eigenvalue weighted by Crippen LogP contribution is 2.29. The molecule has 0 amide bonds. The molecule has 0 N–H and O–H groups in total. The van der Waals surface area contributed by atoms with Crippen LogP contribution in [0.25, 0.3) is 0 Å². The van der Waals surface area contributed by atoms with Crippen molar-refractivity contribution in [3.8, 4) is 11.5 Å². The Morgan fingerprint density at radius 1 is 0.833 bits per heavy atom. The Hall–Kier alpha value is -3.21. The monoisotopic (exact) mass is 320 g/mol. The maximum absolute atomic E-state index is 11.2. The predicted molar refractivity (Wildman–Crippen MR) is 89.0 cm³/mol. The third-order valence-corrected chi connectivity index (χ3v) is 3.37. The summed E-state index contributed by atoms with van der Waals surface area (Å²) in [4.78, 5) is 11.2. The van der Waals surface area contributed by atoms with E-state index in [0.717, 1.165) is 11.1 Å². The molecular formula is C19H16N2O3. The van der Waals surface area contributed by atoms with Gasteiger partial charge in [0.2, 0.25) is 0 Å². The van der Waals surface area contributed by atoms with Crippen LogP contribution in [0.15, 0.2) is 66.9 Å². The van der Waals surface area contributed by atoms with Gasteiger partial charge in [-0.05, 0) is 11.1 Å². The van der Waals surface area contributed by atoms with Crippen molar-refractivity contribution in [3.05, 3.63) is 83.7 Å². The van der Waals surface area contributed by atoms with Crippen molar-refractivity contribution >= 4 is 6.29 Å². The molecule has 0 spiro atoms. The summed E-state index contributed by atoms with van der Waals surface area (Å²) in [5.74, 6) is 0.701. The van der Waals surface area contributed by atoms with E-state index in [1.165, 1.54) is 6.20 Å². The lowest BCUT2D eigenvalue weighted by Gasteiger charge is -2.13. The van der Waals surface area contributed by atoms with Gasteiger partial charge in [0.1, 0.15) is 13.2 Å². The van der Waals surface area contributed by atoms with Crippen molar-refractivity contribution in [2.24, 2.45) is 0 Å². The van der Waals surface area contributed by atoms with Gasteiger partial charge < -0.3 is 9.47 Å². The molecule has 0 radical (unpaired) electrons. The van der Waals surface area contributed by atoms with Gasteiger partial charge in [-0.25, -0.2) is 0 Å². The molecule has 0 aliphatic heterocycles. The van der Waals surface area contributed by atoms with Gasteiger partial charge in [0.15, 0.2) is 23.5 Å². The number of nitrogens with zero attached hydrogens (tertiary/aromatic N) is 2. The summed E-state index contributed by atoms with van der Waals surface area (Å²) >= 11 is 0. The molecule has 3 aromatic rings. The van der Waals surface area contributed by atoms with E-state index in [9.17, 15) is 4.79 Å². The van der Waals surface area contributed by atoms with Crippen LogP contribution in [0.4, 0.5) is 0 Å². The van der Waals surface area contributed by atoms with E-state index < -0.39 is 0 Å². The van der Waals surface area contributed by atoms with E-state index in [-0.39, 0.29) is 5.69 Å². The van der Waals surface area contributed by atoms with Gasteiger partial charge in [0.05, 0.1) is 6.20 Å². The van der Waals surface area contributed by atoms with Crippen LogP contribution >= 0.6 is 0 Å². The molecule has 0 saturated carbocycles. The number of ether oxygens (including phenoxy) is 2. The maximum atomic E-state index is 11.2. The molecular weight excluding hydrogens is 304 g/mol. The first-order valence-corrected chi connectivity index (χ1v) is 7.51. The largest absolute Gasteiger partial charge is 0.483 e. The van der Waals surface area contributed by atoms with Crippen molar-refractivity contribution < 1.29 is 14.3 Å². The quantitative estimate of drug-likeness (QED) is 0.624. The second kappa shape index (κ2) is 7.87. The van der Waals surface area contributed by atoms with Crippen LogP contribution in [0.3, 0.4) is 0 Å². The average Bonchev–Trinajstić information content (AvgIpc) is 2.66. The van der Waals surface area contributed by atoms with Gasteiger partial charge in [0.25, 0.3) is 0 Å². The van der Waals surface area contributed by atoms with Gasteiger partial charge in [-0.15, -0.1) is 5.10 Å².